The lowest BCUT2D eigenvalue weighted by Gasteiger charge is -2.32. The first kappa shape index (κ1) is 9.36. The molecule has 1 aromatic heterocycles. The molecule has 0 bridgehead atoms. The van der Waals surface area contributed by atoms with E-state index < -0.39 is 0 Å². The lowest BCUT2D eigenvalue weighted by molar-refractivity contribution is 0.0462. The second kappa shape index (κ2) is 4.34. The van der Waals surface area contributed by atoms with Gasteiger partial charge in [-0.25, -0.2) is 0 Å². The molecule has 0 saturated carbocycles. The van der Waals surface area contributed by atoms with Gasteiger partial charge in [0, 0.05) is 25.8 Å². The molecule has 0 radical (unpaired) electrons. The summed E-state index contributed by atoms with van der Waals surface area (Å²) in [5, 5.41) is 7.90. The fourth-order valence-electron chi connectivity index (χ4n) is 1.53. The van der Waals surface area contributed by atoms with E-state index in [-0.39, 0.29) is 6.10 Å². The van der Waals surface area contributed by atoms with Gasteiger partial charge in [-0.15, -0.1) is 5.10 Å². The minimum atomic E-state index is 0.116. The molecule has 14 heavy (non-hydrogen) atoms. The molecule has 0 aromatic carbocycles. The van der Waals surface area contributed by atoms with Crippen molar-refractivity contribution in [2.24, 2.45) is 5.73 Å². The molecule has 5 heteroatoms. The predicted octanol–water partition coefficient (Wildman–Crippen LogP) is -0.360. The normalized spacial score (nSPS) is 22.4. The number of rotatable bonds is 2. The van der Waals surface area contributed by atoms with Crippen molar-refractivity contribution in [1.29, 1.82) is 0 Å². The van der Waals surface area contributed by atoms with Crippen LogP contribution in [0.15, 0.2) is 18.3 Å². The predicted molar refractivity (Wildman–Crippen MR) is 53.0 cm³/mol. The average molecular weight is 194 g/mol. The summed E-state index contributed by atoms with van der Waals surface area (Å²) in [5.74, 6) is 0.897. The first-order chi connectivity index (χ1) is 6.90. The van der Waals surface area contributed by atoms with Crippen molar-refractivity contribution in [3.05, 3.63) is 18.3 Å². The van der Waals surface area contributed by atoms with Gasteiger partial charge in [0.05, 0.1) is 12.7 Å². The van der Waals surface area contributed by atoms with Gasteiger partial charge in [-0.2, -0.15) is 5.10 Å². The summed E-state index contributed by atoms with van der Waals surface area (Å²) in [7, 11) is 0. The molecule has 1 atom stereocenters. The largest absolute Gasteiger partial charge is 0.373 e. The fourth-order valence-corrected chi connectivity index (χ4v) is 1.53. The highest BCUT2D eigenvalue weighted by molar-refractivity contribution is 5.36. The molecule has 0 spiro atoms. The van der Waals surface area contributed by atoms with Crippen molar-refractivity contribution in [2.45, 2.75) is 6.10 Å². The average Bonchev–Trinajstić information content (AvgIpc) is 2.30. The quantitative estimate of drug-likeness (QED) is 0.696. The van der Waals surface area contributed by atoms with Gasteiger partial charge in [0.25, 0.3) is 0 Å². The molecule has 0 aliphatic carbocycles. The van der Waals surface area contributed by atoms with Crippen LogP contribution in [0.2, 0.25) is 0 Å². The molecular weight excluding hydrogens is 180 g/mol. The molecule has 1 aliphatic rings. The van der Waals surface area contributed by atoms with Crippen LogP contribution < -0.4 is 10.6 Å². The van der Waals surface area contributed by atoms with Crippen LogP contribution in [0.4, 0.5) is 5.82 Å². The number of nitrogens with two attached hydrogens (primary N) is 1. The molecule has 2 rings (SSSR count). The van der Waals surface area contributed by atoms with Crippen LogP contribution in [0.1, 0.15) is 0 Å². The third-order valence-corrected chi connectivity index (χ3v) is 2.28. The molecule has 1 saturated heterocycles. The van der Waals surface area contributed by atoms with E-state index in [1.165, 1.54) is 0 Å². The maximum Gasteiger partial charge on any atom is 0.151 e. The smallest absolute Gasteiger partial charge is 0.151 e. The van der Waals surface area contributed by atoms with Crippen molar-refractivity contribution in [3.8, 4) is 0 Å². The first-order valence-electron chi connectivity index (χ1n) is 4.74. The first-order valence-corrected chi connectivity index (χ1v) is 4.74. The summed E-state index contributed by atoms with van der Waals surface area (Å²) < 4.78 is 5.46. The molecule has 76 valence electrons. The van der Waals surface area contributed by atoms with Gasteiger partial charge in [-0.05, 0) is 12.1 Å². The van der Waals surface area contributed by atoms with Crippen molar-refractivity contribution in [1.82, 2.24) is 10.2 Å². The monoisotopic (exact) mass is 194 g/mol. The van der Waals surface area contributed by atoms with E-state index in [0.717, 1.165) is 18.9 Å². The van der Waals surface area contributed by atoms with E-state index >= 15 is 0 Å². The van der Waals surface area contributed by atoms with Crippen LogP contribution in [0.5, 0.6) is 0 Å². The second-order valence-electron chi connectivity index (χ2n) is 3.26. The zero-order valence-corrected chi connectivity index (χ0v) is 7.97. The van der Waals surface area contributed by atoms with E-state index in [2.05, 4.69) is 15.1 Å². The van der Waals surface area contributed by atoms with E-state index in [1.807, 2.05) is 12.1 Å². The molecule has 0 amide bonds. The SMILES string of the molecule is NCC1CN(c2cccnn2)CCO1. The number of anilines is 1. The van der Waals surface area contributed by atoms with E-state index in [0.29, 0.717) is 13.2 Å². The van der Waals surface area contributed by atoms with Crippen LogP contribution >= 0.6 is 0 Å². The maximum absolute atomic E-state index is 5.56. The topological polar surface area (TPSA) is 64.3 Å². The number of nitrogens with zero attached hydrogens (tertiary/aromatic N) is 3. The van der Waals surface area contributed by atoms with E-state index in [4.69, 9.17) is 10.5 Å². The summed E-state index contributed by atoms with van der Waals surface area (Å²) in [6, 6.07) is 3.83. The number of aromatic nitrogens is 2. The summed E-state index contributed by atoms with van der Waals surface area (Å²) in [5.41, 5.74) is 5.56. The van der Waals surface area contributed by atoms with Gasteiger partial charge < -0.3 is 15.4 Å². The molecule has 2 heterocycles. The molecule has 1 unspecified atom stereocenters. The van der Waals surface area contributed by atoms with Crippen LogP contribution in [-0.2, 0) is 4.74 Å². The van der Waals surface area contributed by atoms with Crippen LogP contribution in [0.3, 0.4) is 0 Å². The molecule has 2 N–H and O–H groups in total. The lowest BCUT2D eigenvalue weighted by atomic mass is 10.2. The number of hydrogen-bond donors (Lipinski definition) is 1. The Labute approximate surface area is 82.9 Å². The standard InChI is InChI=1S/C9H14N4O/c10-6-8-7-13(4-5-14-8)9-2-1-3-11-12-9/h1-3,8H,4-7,10H2. The fraction of sp³-hybridized carbons (Fsp3) is 0.556. The zero-order valence-electron chi connectivity index (χ0n) is 7.97. The van der Waals surface area contributed by atoms with Gasteiger partial charge >= 0.3 is 0 Å². The summed E-state index contributed by atoms with van der Waals surface area (Å²) in [6.07, 6.45) is 1.79. The Morgan fingerprint density at radius 2 is 2.57 bits per heavy atom. The van der Waals surface area contributed by atoms with Gasteiger partial charge in [-0.1, -0.05) is 0 Å². The highest BCUT2D eigenvalue weighted by Crippen LogP contribution is 2.12. The van der Waals surface area contributed by atoms with Crippen molar-refractivity contribution < 1.29 is 4.74 Å². The summed E-state index contributed by atoms with van der Waals surface area (Å²) >= 11 is 0. The van der Waals surface area contributed by atoms with Crippen molar-refractivity contribution >= 4 is 5.82 Å². The van der Waals surface area contributed by atoms with Gasteiger partial charge in [0.2, 0.25) is 0 Å². The van der Waals surface area contributed by atoms with Gasteiger partial charge in [0.1, 0.15) is 0 Å². The Kier molecular flexibility index (Phi) is 2.90. The Morgan fingerprint density at radius 1 is 1.64 bits per heavy atom. The molecule has 1 aliphatic heterocycles. The summed E-state index contributed by atoms with van der Waals surface area (Å²) in [6.45, 7) is 2.92. The molecular formula is C9H14N4O. The van der Waals surface area contributed by atoms with Crippen molar-refractivity contribution in [3.63, 3.8) is 0 Å². The summed E-state index contributed by atoms with van der Waals surface area (Å²) in [4.78, 5) is 2.15. The molecule has 5 nitrogen and oxygen atoms in total. The third-order valence-electron chi connectivity index (χ3n) is 2.28. The third kappa shape index (κ3) is 2.00. The Bertz CT molecular complexity index is 279. The van der Waals surface area contributed by atoms with Gasteiger partial charge in [-0.3, -0.25) is 0 Å². The minimum absolute atomic E-state index is 0.116. The van der Waals surface area contributed by atoms with Crippen molar-refractivity contribution in [2.75, 3.05) is 31.1 Å². The van der Waals surface area contributed by atoms with Crippen LogP contribution in [0, 0.1) is 0 Å². The van der Waals surface area contributed by atoms with Crippen LogP contribution in [0.25, 0.3) is 0 Å². The Hall–Kier alpha value is -1.20. The molecule has 1 fully saturated rings. The Morgan fingerprint density at radius 3 is 3.29 bits per heavy atom. The zero-order chi connectivity index (χ0) is 9.80. The molecule has 1 aromatic rings. The highest BCUT2D eigenvalue weighted by atomic mass is 16.5. The van der Waals surface area contributed by atoms with E-state index in [9.17, 15) is 0 Å². The number of morpholine rings is 1. The second-order valence-corrected chi connectivity index (χ2v) is 3.26. The lowest BCUT2D eigenvalue weighted by Crippen LogP contribution is -2.46. The number of ether oxygens (including phenoxy) is 1. The minimum Gasteiger partial charge on any atom is -0.373 e. The Balaban J connectivity index is 2.04. The number of hydrogen-bond acceptors (Lipinski definition) is 5. The van der Waals surface area contributed by atoms with E-state index in [1.54, 1.807) is 6.20 Å². The van der Waals surface area contributed by atoms with Gasteiger partial charge in [0.15, 0.2) is 5.82 Å². The maximum atomic E-state index is 5.56. The highest BCUT2D eigenvalue weighted by Gasteiger charge is 2.19. The van der Waals surface area contributed by atoms with Crippen LogP contribution in [-0.4, -0.2) is 42.5 Å².